The molecule has 1 N–H and O–H groups in total. The number of nitrogens with zero attached hydrogens (tertiary/aromatic N) is 1. The predicted molar refractivity (Wildman–Crippen MR) is 64.4 cm³/mol. The fourth-order valence-electron chi connectivity index (χ4n) is 1.60. The summed E-state index contributed by atoms with van der Waals surface area (Å²) in [6.07, 6.45) is 1.56. The van der Waals surface area contributed by atoms with Crippen LogP contribution in [-0.2, 0) is 6.54 Å². The van der Waals surface area contributed by atoms with Gasteiger partial charge in [0, 0.05) is 18.3 Å². The van der Waals surface area contributed by atoms with Crippen LogP contribution >= 0.6 is 0 Å². The molecule has 0 spiro atoms. The number of nitrogens with one attached hydrogen (secondary N) is 1. The number of rotatable bonds is 4. The minimum atomic E-state index is -1.50. The van der Waals surface area contributed by atoms with Gasteiger partial charge in [-0.25, -0.2) is 18.2 Å². The van der Waals surface area contributed by atoms with Gasteiger partial charge in [0.15, 0.2) is 17.5 Å². The third-order valence-electron chi connectivity index (χ3n) is 2.55. The number of hydrogen-bond donors (Lipinski definition) is 1. The molecule has 0 radical (unpaired) electrons. The molecule has 2 aromatic rings. The average Bonchev–Trinajstić information content (AvgIpc) is 2.44. The van der Waals surface area contributed by atoms with Crippen molar-refractivity contribution in [2.75, 3.05) is 12.4 Å². The molecule has 0 aliphatic heterocycles. The first-order chi connectivity index (χ1) is 9.13. The van der Waals surface area contributed by atoms with Crippen molar-refractivity contribution in [1.82, 2.24) is 4.98 Å². The number of ether oxygens (including phenoxy) is 1. The van der Waals surface area contributed by atoms with Crippen molar-refractivity contribution in [3.05, 3.63) is 53.5 Å². The number of anilines is 1. The lowest BCUT2D eigenvalue weighted by Crippen LogP contribution is -2.05. The standard InChI is InChI=1S/C13H11F3N2O/c1-19-13-8(3-2-6-17-13)7-18-10-5-4-9(14)11(15)12(10)16/h2-6,18H,7H2,1H3. The summed E-state index contributed by atoms with van der Waals surface area (Å²) in [7, 11) is 1.46. The maximum Gasteiger partial charge on any atom is 0.218 e. The first-order valence-corrected chi connectivity index (χ1v) is 5.48. The Bertz CT molecular complexity index is 590. The minimum absolute atomic E-state index is 0.121. The molecule has 0 fully saturated rings. The molecule has 0 aliphatic carbocycles. The van der Waals surface area contributed by atoms with Crippen molar-refractivity contribution in [1.29, 1.82) is 0 Å². The molecule has 19 heavy (non-hydrogen) atoms. The largest absolute Gasteiger partial charge is 0.481 e. The van der Waals surface area contributed by atoms with Crippen LogP contribution in [-0.4, -0.2) is 12.1 Å². The Morgan fingerprint density at radius 2 is 1.95 bits per heavy atom. The lowest BCUT2D eigenvalue weighted by Gasteiger charge is -2.10. The molecule has 0 unspecified atom stereocenters. The molecule has 100 valence electrons. The first-order valence-electron chi connectivity index (χ1n) is 5.48. The van der Waals surface area contributed by atoms with E-state index in [0.29, 0.717) is 11.4 Å². The summed E-state index contributed by atoms with van der Waals surface area (Å²) in [5, 5.41) is 2.67. The third kappa shape index (κ3) is 2.78. The van der Waals surface area contributed by atoms with E-state index in [0.717, 1.165) is 12.1 Å². The highest BCUT2D eigenvalue weighted by Crippen LogP contribution is 2.21. The number of hydrogen-bond acceptors (Lipinski definition) is 3. The van der Waals surface area contributed by atoms with E-state index in [2.05, 4.69) is 10.3 Å². The second kappa shape index (κ2) is 5.60. The van der Waals surface area contributed by atoms with Gasteiger partial charge in [0.2, 0.25) is 5.88 Å². The van der Waals surface area contributed by atoms with Crippen LogP contribution < -0.4 is 10.1 Å². The lowest BCUT2D eigenvalue weighted by molar-refractivity contribution is 0.393. The highest BCUT2D eigenvalue weighted by Gasteiger charge is 2.13. The maximum atomic E-state index is 13.4. The van der Waals surface area contributed by atoms with Gasteiger partial charge in [0.05, 0.1) is 12.8 Å². The molecule has 0 amide bonds. The Morgan fingerprint density at radius 3 is 2.68 bits per heavy atom. The SMILES string of the molecule is COc1ncccc1CNc1ccc(F)c(F)c1F. The van der Waals surface area contributed by atoms with E-state index in [-0.39, 0.29) is 12.2 Å². The van der Waals surface area contributed by atoms with Crippen molar-refractivity contribution < 1.29 is 17.9 Å². The summed E-state index contributed by atoms with van der Waals surface area (Å²) < 4.78 is 44.3. The maximum absolute atomic E-state index is 13.4. The monoisotopic (exact) mass is 268 g/mol. The molecule has 6 heteroatoms. The number of methoxy groups -OCH3 is 1. The molecule has 3 nitrogen and oxygen atoms in total. The van der Waals surface area contributed by atoms with E-state index >= 15 is 0 Å². The average molecular weight is 268 g/mol. The summed E-state index contributed by atoms with van der Waals surface area (Å²) in [5.41, 5.74) is 0.555. The minimum Gasteiger partial charge on any atom is -0.481 e. The number of benzene rings is 1. The summed E-state index contributed by atoms with van der Waals surface area (Å²) >= 11 is 0. The summed E-state index contributed by atoms with van der Waals surface area (Å²) in [6.45, 7) is 0.180. The molecule has 0 atom stereocenters. The van der Waals surface area contributed by atoms with Gasteiger partial charge in [-0.2, -0.15) is 0 Å². The Hall–Kier alpha value is -2.24. The Morgan fingerprint density at radius 1 is 1.16 bits per heavy atom. The highest BCUT2D eigenvalue weighted by atomic mass is 19.2. The topological polar surface area (TPSA) is 34.1 Å². The van der Waals surface area contributed by atoms with E-state index in [1.54, 1.807) is 18.3 Å². The van der Waals surface area contributed by atoms with Crippen molar-refractivity contribution >= 4 is 5.69 Å². The molecule has 1 heterocycles. The molecule has 0 aliphatic rings. The number of aromatic nitrogens is 1. The van der Waals surface area contributed by atoms with Crippen LogP contribution in [0, 0.1) is 17.5 Å². The molecule has 1 aromatic carbocycles. The van der Waals surface area contributed by atoms with Crippen LogP contribution in [0.25, 0.3) is 0 Å². The van der Waals surface area contributed by atoms with Crippen LogP contribution in [0.1, 0.15) is 5.56 Å². The normalized spacial score (nSPS) is 10.3. The molecule has 2 rings (SSSR count). The van der Waals surface area contributed by atoms with Crippen molar-refractivity contribution in [2.24, 2.45) is 0 Å². The van der Waals surface area contributed by atoms with E-state index in [1.807, 2.05) is 0 Å². The molecular formula is C13H11F3N2O. The Kier molecular flexibility index (Phi) is 3.89. The third-order valence-corrected chi connectivity index (χ3v) is 2.55. The smallest absolute Gasteiger partial charge is 0.218 e. The van der Waals surface area contributed by atoms with Gasteiger partial charge in [-0.05, 0) is 18.2 Å². The predicted octanol–water partition coefficient (Wildman–Crippen LogP) is 3.12. The van der Waals surface area contributed by atoms with E-state index in [1.165, 1.54) is 7.11 Å². The van der Waals surface area contributed by atoms with Crippen LogP contribution in [0.3, 0.4) is 0 Å². The van der Waals surface area contributed by atoms with E-state index in [9.17, 15) is 13.2 Å². The van der Waals surface area contributed by atoms with Gasteiger partial charge >= 0.3 is 0 Å². The van der Waals surface area contributed by atoms with E-state index in [4.69, 9.17) is 4.74 Å². The van der Waals surface area contributed by atoms with Crippen molar-refractivity contribution in [3.63, 3.8) is 0 Å². The van der Waals surface area contributed by atoms with Crippen LogP contribution in [0.2, 0.25) is 0 Å². The van der Waals surface area contributed by atoms with Gasteiger partial charge in [0.25, 0.3) is 0 Å². The number of pyridine rings is 1. The van der Waals surface area contributed by atoms with Gasteiger partial charge in [-0.1, -0.05) is 6.07 Å². The van der Waals surface area contributed by atoms with Gasteiger partial charge in [-0.3, -0.25) is 0 Å². The zero-order valence-corrected chi connectivity index (χ0v) is 10.1. The second-order valence-corrected chi connectivity index (χ2v) is 3.75. The van der Waals surface area contributed by atoms with Crippen LogP contribution in [0.5, 0.6) is 5.88 Å². The molecule has 1 aromatic heterocycles. The Labute approximate surface area is 108 Å². The van der Waals surface area contributed by atoms with Crippen LogP contribution in [0.4, 0.5) is 18.9 Å². The fraction of sp³-hybridized carbons (Fsp3) is 0.154. The van der Waals surface area contributed by atoms with Crippen LogP contribution in [0.15, 0.2) is 30.5 Å². The highest BCUT2D eigenvalue weighted by molar-refractivity contribution is 5.46. The van der Waals surface area contributed by atoms with Gasteiger partial charge < -0.3 is 10.1 Å². The number of halogens is 3. The first kappa shape index (κ1) is 13.2. The summed E-state index contributed by atoms with van der Waals surface area (Å²) in [6, 6.07) is 5.43. The molecule has 0 saturated heterocycles. The molecule has 0 bridgehead atoms. The van der Waals surface area contributed by atoms with E-state index < -0.39 is 17.5 Å². The summed E-state index contributed by atoms with van der Waals surface area (Å²) in [4.78, 5) is 3.97. The van der Waals surface area contributed by atoms with Crippen molar-refractivity contribution in [3.8, 4) is 5.88 Å². The van der Waals surface area contributed by atoms with Crippen molar-refractivity contribution in [2.45, 2.75) is 6.54 Å². The Balaban J connectivity index is 2.17. The zero-order chi connectivity index (χ0) is 13.8. The van der Waals surface area contributed by atoms with Gasteiger partial charge in [0.1, 0.15) is 0 Å². The molecule has 0 saturated carbocycles. The summed E-state index contributed by atoms with van der Waals surface area (Å²) in [5.74, 6) is -3.58. The quantitative estimate of drug-likeness (QED) is 0.865. The fourth-order valence-corrected chi connectivity index (χ4v) is 1.60. The van der Waals surface area contributed by atoms with Gasteiger partial charge in [-0.15, -0.1) is 0 Å². The lowest BCUT2D eigenvalue weighted by atomic mass is 10.2. The second-order valence-electron chi connectivity index (χ2n) is 3.75. The zero-order valence-electron chi connectivity index (χ0n) is 10.1. The molecular weight excluding hydrogens is 257 g/mol.